The van der Waals surface area contributed by atoms with Gasteiger partial charge in [-0.25, -0.2) is 4.79 Å². The number of fused-ring (bicyclic) bond motifs is 1. The summed E-state index contributed by atoms with van der Waals surface area (Å²) >= 11 is 0. The summed E-state index contributed by atoms with van der Waals surface area (Å²) in [6.07, 6.45) is 1.42. The lowest BCUT2D eigenvalue weighted by atomic mass is 10.0. The first-order valence-electron chi connectivity index (χ1n) is 9.62. The lowest BCUT2D eigenvalue weighted by Gasteiger charge is -2.09. The molecule has 0 aliphatic heterocycles. The van der Waals surface area contributed by atoms with Crippen LogP contribution in [0.3, 0.4) is 0 Å². The Kier molecular flexibility index (Phi) is 5.85. The zero-order valence-corrected chi connectivity index (χ0v) is 17.7. The fourth-order valence-corrected chi connectivity index (χ4v) is 3.23. The second-order valence-corrected chi connectivity index (χ2v) is 6.75. The van der Waals surface area contributed by atoms with Crippen molar-refractivity contribution in [3.8, 4) is 17.2 Å². The van der Waals surface area contributed by atoms with E-state index in [2.05, 4.69) is 4.74 Å². The zero-order chi connectivity index (χ0) is 22.7. The number of esters is 1. The van der Waals surface area contributed by atoms with Gasteiger partial charge in [-0.15, -0.1) is 0 Å². The summed E-state index contributed by atoms with van der Waals surface area (Å²) in [6, 6.07) is 13.3. The number of methoxy groups -OCH3 is 3. The van der Waals surface area contributed by atoms with Gasteiger partial charge in [-0.05, 0) is 48.5 Å². The third-order valence-electron chi connectivity index (χ3n) is 4.86. The Labute approximate surface area is 183 Å². The van der Waals surface area contributed by atoms with Gasteiger partial charge in [0.1, 0.15) is 30.0 Å². The number of ketones is 1. The van der Waals surface area contributed by atoms with Crippen LogP contribution in [-0.4, -0.2) is 33.1 Å². The molecule has 2 aromatic carbocycles. The molecule has 8 heteroatoms. The Morgan fingerprint density at radius 3 is 2.47 bits per heavy atom. The van der Waals surface area contributed by atoms with Crippen molar-refractivity contribution in [1.29, 1.82) is 0 Å². The van der Waals surface area contributed by atoms with E-state index >= 15 is 0 Å². The number of hydrogen-bond acceptors (Lipinski definition) is 8. The monoisotopic (exact) mass is 436 g/mol. The lowest BCUT2D eigenvalue weighted by molar-refractivity contribution is 0.0561. The highest BCUT2D eigenvalue weighted by Crippen LogP contribution is 2.31. The maximum atomic E-state index is 13.1. The van der Waals surface area contributed by atoms with E-state index in [1.54, 1.807) is 42.5 Å². The van der Waals surface area contributed by atoms with Gasteiger partial charge in [0.2, 0.25) is 5.76 Å². The molecule has 0 radical (unpaired) electrons. The van der Waals surface area contributed by atoms with Gasteiger partial charge in [0, 0.05) is 10.9 Å². The minimum atomic E-state index is -0.561. The molecular formula is C24H20O8. The largest absolute Gasteiger partial charge is 0.493 e. The summed E-state index contributed by atoms with van der Waals surface area (Å²) in [4.78, 5) is 24.6. The molecule has 4 rings (SSSR count). The van der Waals surface area contributed by atoms with Gasteiger partial charge in [-0.2, -0.15) is 0 Å². The molecule has 0 fully saturated rings. The molecule has 2 heterocycles. The molecule has 0 unspecified atom stereocenters. The van der Waals surface area contributed by atoms with Gasteiger partial charge in [-0.1, -0.05) is 0 Å². The number of benzene rings is 2. The molecule has 8 nitrogen and oxygen atoms in total. The second-order valence-electron chi connectivity index (χ2n) is 6.75. The highest BCUT2D eigenvalue weighted by molar-refractivity contribution is 6.16. The Balaban J connectivity index is 1.57. The standard InChI is InChI=1S/C24H20O8/c1-27-20-7-4-14(10-22(20)28-2)23(25)18-13-31-19-8-5-15(11-17(18)19)30-12-16-6-9-21(32-16)24(26)29-3/h4-11,13H,12H2,1-3H3. The van der Waals surface area contributed by atoms with Crippen molar-refractivity contribution in [3.05, 3.63) is 77.4 Å². The van der Waals surface area contributed by atoms with Crippen molar-refractivity contribution in [3.63, 3.8) is 0 Å². The van der Waals surface area contributed by atoms with E-state index in [9.17, 15) is 9.59 Å². The molecule has 4 aromatic rings. The zero-order valence-electron chi connectivity index (χ0n) is 17.7. The minimum Gasteiger partial charge on any atom is -0.493 e. The van der Waals surface area contributed by atoms with Gasteiger partial charge in [-0.3, -0.25) is 4.79 Å². The van der Waals surface area contributed by atoms with E-state index in [-0.39, 0.29) is 18.2 Å². The van der Waals surface area contributed by atoms with Crippen LogP contribution in [0, 0.1) is 0 Å². The first-order chi connectivity index (χ1) is 15.5. The van der Waals surface area contributed by atoms with Crippen LogP contribution in [0.1, 0.15) is 32.2 Å². The quantitative estimate of drug-likeness (QED) is 0.291. The van der Waals surface area contributed by atoms with Gasteiger partial charge < -0.3 is 27.8 Å². The number of ether oxygens (including phenoxy) is 4. The summed E-state index contributed by atoms with van der Waals surface area (Å²) < 4.78 is 31.9. The summed E-state index contributed by atoms with van der Waals surface area (Å²) in [5.74, 6) is 1.27. The molecule has 0 amide bonds. The Hall–Kier alpha value is -4.20. The van der Waals surface area contributed by atoms with E-state index in [1.165, 1.54) is 33.7 Å². The molecule has 2 aromatic heterocycles. The summed E-state index contributed by atoms with van der Waals surface area (Å²) in [5, 5.41) is 0.608. The number of hydrogen-bond donors (Lipinski definition) is 0. The average molecular weight is 436 g/mol. The molecule has 0 atom stereocenters. The molecule has 0 saturated heterocycles. The Bertz CT molecular complexity index is 1280. The predicted molar refractivity (Wildman–Crippen MR) is 114 cm³/mol. The summed E-state index contributed by atoms with van der Waals surface area (Å²) in [7, 11) is 4.32. The highest BCUT2D eigenvalue weighted by atomic mass is 16.5. The third-order valence-corrected chi connectivity index (χ3v) is 4.86. The van der Waals surface area contributed by atoms with Crippen molar-refractivity contribution in [1.82, 2.24) is 0 Å². The van der Waals surface area contributed by atoms with Crippen LogP contribution in [0.25, 0.3) is 11.0 Å². The highest BCUT2D eigenvalue weighted by Gasteiger charge is 2.19. The molecule has 0 saturated carbocycles. The van der Waals surface area contributed by atoms with E-state index < -0.39 is 5.97 Å². The number of rotatable bonds is 8. The van der Waals surface area contributed by atoms with Gasteiger partial charge in [0.25, 0.3) is 0 Å². The fourth-order valence-electron chi connectivity index (χ4n) is 3.23. The number of carbonyl (C=O) groups is 2. The van der Waals surface area contributed by atoms with Crippen LogP contribution in [0.5, 0.6) is 17.2 Å². The van der Waals surface area contributed by atoms with Crippen LogP contribution in [0.15, 0.2) is 63.6 Å². The normalized spacial score (nSPS) is 10.7. The van der Waals surface area contributed by atoms with E-state index in [0.29, 0.717) is 45.1 Å². The maximum absolute atomic E-state index is 13.1. The van der Waals surface area contributed by atoms with Crippen LogP contribution < -0.4 is 14.2 Å². The van der Waals surface area contributed by atoms with Crippen LogP contribution in [-0.2, 0) is 11.3 Å². The van der Waals surface area contributed by atoms with E-state index in [0.717, 1.165) is 0 Å². The first-order valence-corrected chi connectivity index (χ1v) is 9.62. The van der Waals surface area contributed by atoms with Gasteiger partial charge in [0.05, 0.1) is 26.9 Å². The lowest BCUT2D eigenvalue weighted by Crippen LogP contribution is -2.02. The van der Waals surface area contributed by atoms with E-state index in [1.807, 2.05) is 0 Å². The smallest absolute Gasteiger partial charge is 0.373 e. The Morgan fingerprint density at radius 2 is 1.72 bits per heavy atom. The van der Waals surface area contributed by atoms with Crippen LogP contribution in [0.4, 0.5) is 0 Å². The predicted octanol–water partition coefficient (Wildman–Crippen LogP) is 4.64. The molecule has 0 aliphatic carbocycles. The molecule has 164 valence electrons. The third kappa shape index (κ3) is 4.02. The topological polar surface area (TPSA) is 97.3 Å². The minimum absolute atomic E-state index is 0.0965. The SMILES string of the molecule is COC(=O)c1ccc(COc2ccc3occ(C(=O)c4ccc(OC)c(OC)c4)c3c2)o1. The van der Waals surface area contributed by atoms with Crippen LogP contribution in [0.2, 0.25) is 0 Å². The molecule has 32 heavy (non-hydrogen) atoms. The van der Waals surface area contributed by atoms with Crippen molar-refractivity contribution in [2.75, 3.05) is 21.3 Å². The molecule has 0 bridgehead atoms. The van der Waals surface area contributed by atoms with Gasteiger partial charge in [0.15, 0.2) is 17.3 Å². The van der Waals surface area contributed by atoms with E-state index in [4.69, 9.17) is 23.0 Å². The van der Waals surface area contributed by atoms with Crippen molar-refractivity contribution in [2.45, 2.75) is 6.61 Å². The average Bonchev–Trinajstić information content (AvgIpc) is 3.48. The first kappa shape index (κ1) is 21.0. The van der Waals surface area contributed by atoms with Crippen molar-refractivity contribution < 1.29 is 37.4 Å². The maximum Gasteiger partial charge on any atom is 0.373 e. The number of furan rings is 2. The fraction of sp³-hybridized carbons (Fsp3) is 0.167. The van der Waals surface area contributed by atoms with Crippen LogP contribution >= 0.6 is 0 Å². The van der Waals surface area contributed by atoms with Gasteiger partial charge >= 0.3 is 5.97 Å². The molecule has 0 aliphatic rings. The van der Waals surface area contributed by atoms with Crippen molar-refractivity contribution >= 4 is 22.7 Å². The molecule has 0 N–H and O–H groups in total. The molecule has 0 spiro atoms. The van der Waals surface area contributed by atoms with Crippen molar-refractivity contribution in [2.24, 2.45) is 0 Å². The summed E-state index contributed by atoms with van der Waals surface area (Å²) in [5.41, 5.74) is 1.37. The second kappa shape index (κ2) is 8.89. The number of carbonyl (C=O) groups excluding carboxylic acids is 2. The molecular weight excluding hydrogens is 416 g/mol. The summed E-state index contributed by atoms with van der Waals surface area (Å²) in [6.45, 7) is 0.0965. The Morgan fingerprint density at radius 1 is 0.906 bits per heavy atom.